The summed E-state index contributed by atoms with van der Waals surface area (Å²) in [5.41, 5.74) is 6.73. The number of aliphatic hydroxyl groups is 1. The van der Waals surface area contributed by atoms with Crippen molar-refractivity contribution in [3.05, 3.63) is 34.3 Å². The van der Waals surface area contributed by atoms with Gasteiger partial charge in [-0.3, -0.25) is 0 Å². The Bertz CT molecular complexity index is 290. The maximum Gasteiger partial charge on any atom is 0.0951 e. The highest BCUT2D eigenvalue weighted by atomic mass is 79.9. The van der Waals surface area contributed by atoms with Crippen molar-refractivity contribution in [1.29, 1.82) is 0 Å². The minimum Gasteiger partial charge on any atom is -0.387 e. The van der Waals surface area contributed by atoms with Crippen LogP contribution in [0.3, 0.4) is 0 Å². The normalized spacial score (nSPS) is 15.1. The molecule has 2 nitrogen and oxygen atoms in total. The minimum atomic E-state index is -0.578. The van der Waals surface area contributed by atoms with Crippen LogP contribution in [0, 0.1) is 0 Å². The van der Waals surface area contributed by atoms with Gasteiger partial charge in [-0.05, 0) is 18.1 Å². The summed E-state index contributed by atoms with van der Waals surface area (Å²) in [5, 5.41) is 9.95. The molecule has 2 atom stereocenters. The van der Waals surface area contributed by atoms with Crippen LogP contribution in [0.4, 0.5) is 0 Å². The van der Waals surface area contributed by atoms with Gasteiger partial charge in [0.2, 0.25) is 0 Å². The highest BCUT2D eigenvalue weighted by Crippen LogP contribution is 2.25. The minimum absolute atomic E-state index is 0.182. The number of halogens is 1. The third kappa shape index (κ3) is 2.80. The van der Waals surface area contributed by atoms with Crippen molar-refractivity contribution >= 4 is 15.9 Å². The van der Waals surface area contributed by atoms with E-state index in [1.54, 1.807) is 0 Å². The Morgan fingerprint density at radius 3 is 2.64 bits per heavy atom. The molecule has 0 amide bonds. The number of rotatable bonds is 4. The van der Waals surface area contributed by atoms with E-state index in [0.717, 1.165) is 22.9 Å². The smallest absolute Gasteiger partial charge is 0.0951 e. The van der Waals surface area contributed by atoms with Crippen LogP contribution < -0.4 is 5.73 Å². The Balaban J connectivity index is 2.78. The fourth-order valence-electron chi connectivity index (χ4n) is 1.44. The van der Waals surface area contributed by atoms with Gasteiger partial charge in [0, 0.05) is 10.5 Å². The van der Waals surface area contributed by atoms with E-state index in [9.17, 15) is 5.11 Å². The number of nitrogens with two attached hydrogens (primary N) is 1. The van der Waals surface area contributed by atoms with Crippen LogP contribution >= 0.6 is 15.9 Å². The van der Waals surface area contributed by atoms with E-state index in [-0.39, 0.29) is 6.04 Å². The predicted molar refractivity (Wildman–Crippen MR) is 62.0 cm³/mol. The Morgan fingerprint density at radius 2 is 2.07 bits per heavy atom. The molecule has 0 aliphatic carbocycles. The number of benzene rings is 1. The van der Waals surface area contributed by atoms with Gasteiger partial charge in [-0.25, -0.2) is 0 Å². The first kappa shape index (κ1) is 11.7. The molecule has 0 fully saturated rings. The van der Waals surface area contributed by atoms with Crippen molar-refractivity contribution in [1.82, 2.24) is 0 Å². The molecule has 3 heteroatoms. The second-order valence-corrected chi connectivity index (χ2v) is 4.27. The van der Waals surface area contributed by atoms with Gasteiger partial charge in [0.05, 0.1) is 6.10 Å². The van der Waals surface area contributed by atoms with Crippen molar-refractivity contribution < 1.29 is 5.11 Å². The molecule has 0 spiro atoms. The van der Waals surface area contributed by atoms with Gasteiger partial charge in [0.25, 0.3) is 0 Å². The molecule has 14 heavy (non-hydrogen) atoms. The van der Waals surface area contributed by atoms with E-state index in [4.69, 9.17) is 5.73 Å². The van der Waals surface area contributed by atoms with Crippen molar-refractivity contribution in [2.45, 2.75) is 31.9 Å². The first-order valence-electron chi connectivity index (χ1n) is 4.85. The number of aliphatic hydroxyl groups excluding tert-OH is 1. The second-order valence-electron chi connectivity index (χ2n) is 3.42. The molecule has 0 aromatic heterocycles. The fraction of sp³-hybridized carbons (Fsp3) is 0.455. The third-order valence-electron chi connectivity index (χ3n) is 2.25. The van der Waals surface area contributed by atoms with E-state index < -0.39 is 6.10 Å². The molecule has 2 unspecified atom stereocenters. The van der Waals surface area contributed by atoms with Crippen LogP contribution in [-0.2, 0) is 0 Å². The summed E-state index contributed by atoms with van der Waals surface area (Å²) in [4.78, 5) is 0. The van der Waals surface area contributed by atoms with Crippen LogP contribution in [-0.4, -0.2) is 11.1 Å². The van der Waals surface area contributed by atoms with Crippen molar-refractivity contribution in [2.75, 3.05) is 0 Å². The van der Waals surface area contributed by atoms with Gasteiger partial charge in [-0.15, -0.1) is 0 Å². The number of hydrogen-bond acceptors (Lipinski definition) is 2. The van der Waals surface area contributed by atoms with Crippen molar-refractivity contribution in [2.24, 2.45) is 5.73 Å². The SMILES string of the molecule is CCCC(N)C(O)c1ccccc1Br. The van der Waals surface area contributed by atoms with Gasteiger partial charge < -0.3 is 10.8 Å². The molecule has 0 aliphatic heterocycles. The zero-order chi connectivity index (χ0) is 10.6. The molecule has 0 saturated heterocycles. The molecule has 1 aromatic carbocycles. The lowest BCUT2D eigenvalue weighted by molar-refractivity contribution is 0.141. The monoisotopic (exact) mass is 257 g/mol. The summed E-state index contributed by atoms with van der Waals surface area (Å²) in [5.74, 6) is 0. The summed E-state index contributed by atoms with van der Waals surface area (Å²) >= 11 is 3.40. The summed E-state index contributed by atoms with van der Waals surface area (Å²) < 4.78 is 0.916. The molecule has 0 saturated carbocycles. The molecule has 1 rings (SSSR count). The van der Waals surface area contributed by atoms with Crippen LogP contribution in [0.15, 0.2) is 28.7 Å². The summed E-state index contributed by atoms with van der Waals surface area (Å²) in [6.45, 7) is 2.06. The zero-order valence-electron chi connectivity index (χ0n) is 8.28. The molecular weight excluding hydrogens is 242 g/mol. The van der Waals surface area contributed by atoms with Gasteiger partial charge in [0.1, 0.15) is 0 Å². The van der Waals surface area contributed by atoms with Crippen LogP contribution in [0.5, 0.6) is 0 Å². The molecule has 0 bridgehead atoms. The molecular formula is C11H16BrNO. The average Bonchev–Trinajstić information content (AvgIpc) is 2.18. The molecule has 0 aliphatic rings. The van der Waals surface area contributed by atoms with Crippen molar-refractivity contribution in [3.8, 4) is 0 Å². The molecule has 0 heterocycles. The standard InChI is InChI=1S/C11H16BrNO/c1-2-5-10(13)11(14)8-6-3-4-7-9(8)12/h3-4,6-7,10-11,14H,2,5,13H2,1H3. The zero-order valence-corrected chi connectivity index (χ0v) is 9.87. The van der Waals surface area contributed by atoms with Gasteiger partial charge in [0.15, 0.2) is 0 Å². The fourth-order valence-corrected chi connectivity index (χ4v) is 1.96. The van der Waals surface area contributed by atoms with Crippen LogP contribution in [0.2, 0.25) is 0 Å². The Kier molecular flexibility index (Phi) is 4.58. The third-order valence-corrected chi connectivity index (χ3v) is 2.97. The first-order chi connectivity index (χ1) is 6.66. The largest absolute Gasteiger partial charge is 0.387 e. The topological polar surface area (TPSA) is 46.2 Å². The highest BCUT2D eigenvalue weighted by molar-refractivity contribution is 9.10. The van der Waals surface area contributed by atoms with Gasteiger partial charge in [-0.1, -0.05) is 47.5 Å². The Hall–Kier alpha value is -0.380. The average molecular weight is 258 g/mol. The molecule has 78 valence electrons. The Labute approximate surface area is 93.3 Å². The lowest BCUT2D eigenvalue weighted by Gasteiger charge is -2.19. The second kappa shape index (κ2) is 5.49. The lowest BCUT2D eigenvalue weighted by Crippen LogP contribution is -2.28. The van der Waals surface area contributed by atoms with E-state index >= 15 is 0 Å². The van der Waals surface area contributed by atoms with E-state index in [1.165, 1.54) is 0 Å². The van der Waals surface area contributed by atoms with E-state index in [2.05, 4.69) is 22.9 Å². The number of hydrogen-bond donors (Lipinski definition) is 2. The van der Waals surface area contributed by atoms with Crippen LogP contribution in [0.25, 0.3) is 0 Å². The highest BCUT2D eigenvalue weighted by Gasteiger charge is 2.17. The molecule has 3 N–H and O–H groups in total. The van der Waals surface area contributed by atoms with E-state index in [1.807, 2.05) is 24.3 Å². The van der Waals surface area contributed by atoms with Crippen molar-refractivity contribution in [3.63, 3.8) is 0 Å². The molecule has 0 radical (unpaired) electrons. The first-order valence-corrected chi connectivity index (χ1v) is 5.64. The Morgan fingerprint density at radius 1 is 1.43 bits per heavy atom. The maximum absolute atomic E-state index is 9.95. The van der Waals surface area contributed by atoms with Gasteiger partial charge in [-0.2, -0.15) is 0 Å². The van der Waals surface area contributed by atoms with Crippen LogP contribution in [0.1, 0.15) is 31.4 Å². The lowest BCUT2D eigenvalue weighted by atomic mass is 10.00. The van der Waals surface area contributed by atoms with E-state index in [0.29, 0.717) is 0 Å². The van der Waals surface area contributed by atoms with Gasteiger partial charge >= 0.3 is 0 Å². The summed E-state index contributed by atoms with van der Waals surface area (Å²) in [6, 6.07) is 7.45. The summed E-state index contributed by atoms with van der Waals surface area (Å²) in [7, 11) is 0. The summed E-state index contributed by atoms with van der Waals surface area (Å²) in [6.07, 6.45) is 1.25. The quantitative estimate of drug-likeness (QED) is 0.872. The maximum atomic E-state index is 9.95. The predicted octanol–water partition coefficient (Wildman–Crippen LogP) is 2.61. The molecule has 1 aromatic rings.